The SMILES string of the molecule is CC(C)CC(NCc1c(OCc2ccc(F)cc2Cl)ccc2ccccc12)C(=O)O. The zero-order valence-electron chi connectivity index (χ0n) is 17.0. The third-order valence-corrected chi connectivity index (χ3v) is 5.28. The van der Waals surface area contributed by atoms with Crippen LogP contribution in [0.1, 0.15) is 31.4 Å². The Bertz CT molecular complexity index is 1040. The number of carboxylic acid groups (broad SMARTS) is 1. The van der Waals surface area contributed by atoms with Gasteiger partial charge in [-0.3, -0.25) is 4.79 Å². The summed E-state index contributed by atoms with van der Waals surface area (Å²) in [4.78, 5) is 11.6. The van der Waals surface area contributed by atoms with E-state index in [2.05, 4.69) is 5.32 Å². The molecule has 0 fully saturated rings. The van der Waals surface area contributed by atoms with Gasteiger partial charge in [0.25, 0.3) is 0 Å². The second kappa shape index (κ2) is 9.92. The molecule has 0 radical (unpaired) electrons. The third-order valence-electron chi connectivity index (χ3n) is 4.93. The van der Waals surface area contributed by atoms with Crippen LogP contribution < -0.4 is 10.1 Å². The van der Waals surface area contributed by atoms with Crippen LogP contribution in [0.15, 0.2) is 54.6 Å². The van der Waals surface area contributed by atoms with Gasteiger partial charge >= 0.3 is 5.97 Å². The maximum atomic E-state index is 13.3. The highest BCUT2D eigenvalue weighted by molar-refractivity contribution is 6.31. The van der Waals surface area contributed by atoms with E-state index in [1.807, 2.05) is 50.2 Å². The summed E-state index contributed by atoms with van der Waals surface area (Å²) in [5, 5.41) is 15.0. The first-order valence-electron chi connectivity index (χ1n) is 9.88. The lowest BCUT2D eigenvalue weighted by Crippen LogP contribution is -2.37. The average Bonchev–Trinajstić information content (AvgIpc) is 2.70. The fourth-order valence-corrected chi connectivity index (χ4v) is 3.62. The van der Waals surface area contributed by atoms with E-state index in [0.717, 1.165) is 16.3 Å². The molecule has 0 bridgehead atoms. The molecule has 3 aromatic rings. The fourth-order valence-electron chi connectivity index (χ4n) is 3.40. The van der Waals surface area contributed by atoms with Crippen LogP contribution in [0.5, 0.6) is 5.75 Å². The second-order valence-electron chi connectivity index (χ2n) is 7.69. The van der Waals surface area contributed by atoms with Gasteiger partial charge in [0.15, 0.2) is 0 Å². The minimum atomic E-state index is -0.871. The van der Waals surface area contributed by atoms with Crippen molar-refractivity contribution >= 4 is 28.3 Å². The topological polar surface area (TPSA) is 58.6 Å². The highest BCUT2D eigenvalue weighted by Gasteiger charge is 2.20. The van der Waals surface area contributed by atoms with Crippen molar-refractivity contribution in [2.75, 3.05) is 0 Å². The fraction of sp³-hybridized carbons (Fsp3) is 0.292. The van der Waals surface area contributed by atoms with Crippen molar-refractivity contribution in [2.24, 2.45) is 5.92 Å². The van der Waals surface area contributed by atoms with Crippen LogP contribution in [0.3, 0.4) is 0 Å². The summed E-state index contributed by atoms with van der Waals surface area (Å²) in [5.74, 6) is -0.383. The number of ether oxygens (including phenoxy) is 1. The van der Waals surface area contributed by atoms with Crippen molar-refractivity contribution in [1.82, 2.24) is 5.32 Å². The van der Waals surface area contributed by atoms with Crippen molar-refractivity contribution in [3.8, 4) is 5.75 Å². The van der Waals surface area contributed by atoms with E-state index < -0.39 is 17.8 Å². The minimum absolute atomic E-state index is 0.179. The Morgan fingerprint density at radius 3 is 2.63 bits per heavy atom. The summed E-state index contributed by atoms with van der Waals surface area (Å²) in [6.45, 7) is 4.52. The first kappa shape index (κ1) is 22.1. The van der Waals surface area contributed by atoms with Crippen LogP contribution in [0.25, 0.3) is 10.8 Å². The summed E-state index contributed by atoms with van der Waals surface area (Å²) < 4.78 is 19.3. The molecule has 0 aliphatic rings. The van der Waals surface area contributed by atoms with Crippen molar-refractivity contribution in [1.29, 1.82) is 0 Å². The maximum absolute atomic E-state index is 13.3. The standard InChI is InChI=1S/C24H25ClFNO3/c1-15(2)11-22(24(28)29)27-13-20-19-6-4-3-5-16(19)8-10-23(20)30-14-17-7-9-18(26)12-21(17)25/h3-10,12,15,22,27H,11,13-14H2,1-2H3,(H,28,29). The summed E-state index contributed by atoms with van der Waals surface area (Å²) in [5.41, 5.74) is 1.55. The number of carbonyl (C=O) groups is 1. The Hall–Kier alpha value is -2.63. The normalized spacial score (nSPS) is 12.3. The Morgan fingerprint density at radius 1 is 1.17 bits per heavy atom. The van der Waals surface area contributed by atoms with Gasteiger partial charge < -0.3 is 15.2 Å². The van der Waals surface area contributed by atoms with E-state index >= 15 is 0 Å². The van der Waals surface area contributed by atoms with Crippen molar-refractivity contribution < 1.29 is 19.0 Å². The molecule has 0 spiro atoms. The Morgan fingerprint density at radius 2 is 1.93 bits per heavy atom. The molecule has 30 heavy (non-hydrogen) atoms. The number of fused-ring (bicyclic) bond motifs is 1. The lowest BCUT2D eigenvalue weighted by molar-refractivity contribution is -0.140. The number of rotatable bonds is 9. The van der Waals surface area contributed by atoms with Crippen LogP contribution in [0.4, 0.5) is 4.39 Å². The van der Waals surface area contributed by atoms with E-state index in [1.165, 1.54) is 12.1 Å². The van der Waals surface area contributed by atoms with Crippen LogP contribution >= 0.6 is 11.6 Å². The van der Waals surface area contributed by atoms with Gasteiger partial charge in [0.05, 0.1) is 5.02 Å². The quantitative estimate of drug-likeness (QED) is 0.451. The first-order chi connectivity index (χ1) is 14.3. The van der Waals surface area contributed by atoms with E-state index in [-0.39, 0.29) is 12.5 Å². The molecule has 158 valence electrons. The van der Waals surface area contributed by atoms with E-state index in [9.17, 15) is 14.3 Å². The molecule has 2 N–H and O–H groups in total. The number of hydrogen-bond acceptors (Lipinski definition) is 3. The van der Waals surface area contributed by atoms with Gasteiger partial charge in [-0.1, -0.05) is 61.8 Å². The lowest BCUT2D eigenvalue weighted by atomic mass is 10.0. The Balaban J connectivity index is 1.87. The number of nitrogens with one attached hydrogen (secondary N) is 1. The Labute approximate surface area is 180 Å². The predicted molar refractivity (Wildman–Crippen MR) is 117 cm³/mol. The van der Waals surface area contributed by atoms with Gasteiger partial charge in [-0.2, -0.15) is 0 Å². The molecular weight excluding hydrogens is 405 g/mol. The maximum Gasteiger partial charge on any atom is 0.320 e. The molecule has 1 unspecified atom stereocenters. The molecule has 0 aliphatic heterocycles. The van der Waals surface area contributed by atoms with Gasteiger partial charge in [-0.05, 0) is 41.3 Å². The van der Waals surface area contributed by atoms with Gasteiger partial charge in [0.2, 0.25) is 0 Å². The molecule has 3 rings (SSSR count). The molecule has 4 nitrogen and oxygen atoms in total. The predicted octanol–water partition coefficient (Wildman–Crippen LogP) is 5.80. The second-order valence-corrected chi connectivity index (χ2v) is 8.10. The molecule has 0 heterocycles. The van der Waals surface area contributed by atoms with E-state index in [1.54, 1.807) is 6.07 Å². The number of aliphatic carboxylic acids is 1. The molecule has 0 saturated carbocycles. The molecular formula is C24H25ClFNO3. The first-order valence-corrected chi connectivity index (χ1v) is 10.3. The lowest BCUT2D eigenvalue weighted by Gasteiger charge is -2.19. The summed E-state index contributed by atoms with van der Waals surface area (Å²) in [6, 6.07) is 15.3. The molecule has 1 atom stereocenters. The third kappa shape index (κ3) is 5.49. The number of halogens is 2. The number of hydrogen-bond donors (Lipinski definition) is 2. The average molecular weight is 430 g/mol. The number of benzene rings is 3. The van der Waals surface area contributed by atoms with E-state index in [0.29, 0.717) is 29.3 Å². The highest BCUT2D eigenvalue weighted by Crippen LogP contribution is 2.30. The summed E-state index contributed by atoms with van der Waals surface area (Å²) >= 11 is 6.12. The smallest absolute Gasteiger partial charge is 0.320 e. The van der Waals surface area contributed by atoms with Crippen molar-refractivity contribution in [3.63, 3.8) is 0 Å². The Kier molecular flexibility index (Phi) is 7.29. The monoisotopic (exact) mass is 429 g/mol. The van der Waals surface area contributed by atoms with E-state index in [4.69, 9.17) is 16.3 Å². The van der Waals surface area contributed by atoms with Crippen LogP contribution in [-0.4, -0.2) is 17.1 Å². The van der Waals surface area contributed by atoms with Gasteiger partial charge in [-0.15, -0.1) is 0 Å². The van der Waals surface area contributed by atoms with Crippen LogP contribution in [-0.2, 0) is 17.9 Å². The molecule has 0 amide bonds. The van der Waals surface area contributed by atoms with Crippen molar-refractivity contribution in [3.05, 3.63) is 76.6 Å². The van der Waals surface area contributed by atoms with Crippen LogP contribution in [0.2, 0.25) is 5.02 Å². The van der Waals surface area contributed by atoms with Crippen LogP contribution in [0, 0.1) is 11.7 Å². The molecule has 0 aliphatic carbocycles. The summed E-state index contributed by atoms with van der Waals surface area (Å²) in [7, 11) is 0. The minimum Gasteiger partial charge on any atom is -0.488 e. The molecule has 0 aromatic heterocycles. The number of carboxylic acids is 1. The van der Waals surface area contributed by atoms with Gasteiger partial charge in [0, 0.05) is 17.7 Å². The largest absolute Gasteiger partial charge is 0.488 e. The zero-order valence-corrected chi connectivity index (χ0v) is 17.7. The van der Waals surface area contributed by atoms with Crippen molar-refractivity contribution in [2.45, 2.75) is 39.5 Å². The highest BCUT2D eigenvalue weighted by atomic mass is 35.5. The summed E-state index contributed by atoms with van der Waals surface area (Å²) in [6.07, 6.45) is 0.529. The molecule has 3 aromatic carbocycles. The molecule has 6 heteroatoms. The van der Waals surface area contributed by atoms with Gasteiger partial charge in [0.1, 0.15) is 24.2 Å². The van der Waals surface area contributed by atoms with Gasteiger partial charge in [-0.25, -0.2) is 4.39 Å². The molecule has 0 saturated heterocycles. The zero-order chi connectivity index (χ0) is 21.7.